The zero-order chi connectivity index (χ0) is 33.0. The van der Waals surface area contributed by atoms with Gasteiger partial charge < -0.3 is 9.47 Å². The van der Waals surface area contributed by atoms with Crippen molar-refractivity contribution < 1.29 is 19.1 Å². The Bertz CT molecular complexity index is 1240. The number of ketones is 2. The molecule has 3 aromatic carbocycles. The molecule has 0 N–H and O–H groups in total. The minimum Gasteiger partial charge on any atom is -0.489 e. The Hall–Kier alpha value is -2.88. The molecule has 0 saturated carbocycles. The number of benzene rings is 3. The van der Waals surface area contributed by atoms with E-state index in [0.717, 1.165) is 58.7 Å². The predicted octanol–water partition coefficient (Wildman–Crippen LogP) is 13.0. The van der Waals surface area contributed by atoms with Crippen LogP contribution in [0.1, 0.15) is 177 Å². The van der Waals surface area contributed by atoms with Gasteiger partial charge in [-0.3, -0.25) is 9.59 Å². The van der Waals surface area contributed by atoms with Crippen LogP contribution in [0.25, 0.3) is 21.5 Å². The van der Waals surface area contributed by atoms with Gasteiger partial charge in [-0.05, 0) is 61.7 Å². The minimum absolute atomic E-state index is 0.0203. The summed E-state index contributed by atoms with van der Waals surface area (Å²) < 4.78 is 13.2. The Kier molecular flexibility index (Phi) is 17.8. The van der Waals surface area contributed by atoms with Crippen molar-refractivity contribution in [2.75, 3.05) is 13.2 Å². The van der Waals surface area contributed by atoms with Crippen molar-refractivity contribution in [1.29, 1.82) is 0 Å². The number of carbonyl (C=O) groups is 2. The highest BCUT2D eigenvalue weighted by Gasteiger charge is 2.19. The molecule has 254 valence electrons. The lowest BCUT2D eigenvalue weighted by Gasteiger charge is -2.19. The first-order valence-corrected chi connectivity index (χ1v) is 18.8. The summed E-state index contributed by atoms with van der Waals surface area (Å²) in [5.74, 6) is 1.56. The van der Waals surface area contributed by atoms with Crippen LogP contribution in [-0.2, 0) is 0 Å². The molecule has 0 bridgehead atoms. The van der Waals surface area contributed by atoms with Crippen LogP contribution in [0.4, 0.5) is 0 Å². The molecule has 0 unspecified atom stereocenters. The van der Waals surface area contributed by atoms with E-state index in [1.807, 2.05) is 36.4 Å². The molecule has 3 rings (SSSR count). The number of fused-ring (bicyclic) bond motifs is 3. The molecule has 4 heteroatoms. The largest absolute Gasteiger partial charge is 0.489 e. The van der Waals surface area contributed by atoms with E-state index in [2.05, 4.69) is 13.8 Å². The number of rotatable bonds is 26. The van der Waals surface area contributed by atoms with E-state index in [1.54, 1.807) is 13.8 Å². The van der Waals surface area contributed by atoms with Crippen LogP contribution >= 0.6 is 0 Å². The molecule has 46 heavy (non-hydrogen) atoms. The second-order valence-corrected chi connectivity index (χ2v) is 13.4. The fraction of sp³-hybridized carbons (Fsp3) is 0.619. The van der Waals surface area contributed by atoms with E-state index in [-0.39, 0.29) is 11.6 Å². The number of carbonyl (C=O) groups excluding carboxylic acids is 2. The van der Waals surface area contributed by atoms with Gasteiger partial charge in [-0.15, -0.1) is 0 Å². The van der Waals surface area contributed by atoms with E-state index in [9.17, 15) is 9.59 Å². The molecule has 0 aromatic heterocycles. The van der Waals surface area contributed by atoms with E-state index in [1.165, 1.54) is 103 Å². The fourth-order valence-electron chi connectivity index (χ4n) is 6.43. The zero-order valence-electron chi connectivity index (χ0n) is 29.7. The van der Waals surface area contributed by atoms with E-state index in [4.69, 9.17) is 9.47 Å². The highest BCUT2D eigenvalue weighted by molar-refractivity contribution is 6.17. The number of unbranched alkanes of at least 4 members (excludes halogenated alkanes) is 18. The Morgan fingerprint density at radius 2 is 0.739 bits per heavy atom. The Morgan fingerprint density at radius 1 is 0.435 bits per heavy atom. The van der Waals surface area contributed by atoms with Gasteiger partial charge in [0.05, 0.1) is 13.2 Å². The summed E-state index contributed by atoms with van der Waals surface area (Å²) in [4.78, 5) is 24.7. The first-order chi connectivity index (χ1) is 22.5. The second-order valence-electron chi connectivity index (χ2n) is 13.4. The molecule has 3 aromatic rings. The van der Waals surface area contributed by atoms with E-state index >= 15 is 0 Å². The maximum atomic E-state index is 12.4. The van der Waals surface area contributed by atoms with Crippen LogP contribution in [0.15, 0.2) is 36.4 Å². The first-order valence-electron chi connectivity index (χ1n) is 18.8. The van der Waals surface area contributed by atoms with E-state index in [0.29, 0.717) is 24.3 Å². The van der Waals surface area contributed by atoms with Gasteiger partial charge in [-0.2, -0.15) is 0 Å². The molecule has 0 radical (unpaired) electrons. The maximum absolute atomic E-state index is 12.4. The molecule has 0 amide bonds. The van der Waals surface area contributed by atoms with E-state index < -0.39 is 0 Å². The minimum atomic E-state index is 0.0203. The van der Waals surface area contributed by atoms with Crippen LogP contribution in [0.5, 0.6) is 11.5 Å². The van der Waals surface area contributed by atoms with Crippen LogP contribution in [0.2, 0.25) is 0 Å². The number of ether oxygens (including phenoxy) is 2. The summed E-state index contributed by atoms with van der Waals surface area (Å²) >= 11 is 0. The third-order valence-electron chi connectivity index (χ3n) is 9.33. The van der Waals surface area contributed by atoms with Crippen LogP contribution in [0, 0.1) is 0 Å². The van der Waals surface area contributed by atoms with Crippen molar-refractivity contribution in [1.82, 2.24) is 0 Å². The lowest BCUT2D eigenvalue weighted by Crippen LogP contribution is -2.05. The molecule has 0 saturated heterocycles. The highest BCUT2D eigenvalue weighted by atomic mass is 16.5. The molecule has 0 spiro atoms. The normalized spacial score (nSPS) is 11.4. The van der Waals surface area contributed by atoms with Crippen molar-refractivity contribution in [3.63, 3.8) is 0 Å². The quantitative estimate of drug-likeness (QED) is 0.0503. The van der Waals surface area contributed by atoms with Crippen molar-refractivity contribution in [3.05, 3.63) is 47.5 Å². The standard InChI is InChI=1S/C42H62O4/c1-5-7-9-11-13-15-17-19-21-23-29-45-41-37-27-25-35(33(3)43)31-39(37)40-32-36(34(4)44)26-28-38(40)42(41)46-30-24-22-20-18-16-14-12-10-8-6-2/h25-28,31-32H,5-24,29-30H2,1-4H3. The summed E-state index contributed by atoms with van der Waals surface area (Å²) in [6.07, 6.45) is 25.6. The second kappa shape index (κ2) is 21.8. The zero-order valence-corrected chi connectivity index (χ0v) is 29.7. The van der Waals surface area contributed by atoms with Gasteiger partial charge in [0.2, 0.25) is 0 Å². The topological polar surface area (TPSA) is 52.6 Å². The maximum Gasteiger partial charge on any atom is 0.169 e. The average molecular weight is 631 g/mol. The molecule has 0 aliphatic heterocycles. The summed E-state index contributed by atoms with van der Waals surface area (Å²) in [5.41, 5.74) is 1.31. The number of hydrogen-bond donors (Lipinski definition) is 0. The molecule has 0 aliphatic carbocycles. The highest BCUT2D eigenvalue weighted by Crippen LogP contribution is 2.44. The Balaban J connectivity index is 1.71. The predicted molar refractivity (Wildman–Crippen MR) is 196 cm³/mol. The molecule has 0 fully saturated rings. The van der Waals surface area contributed by atoms with Crippen LogP contribution in [0.3, 0.4) is 0 Å². The van der Waals surface area contributed by atoms with Gasteiger partial charge in [0.1, 0.15) is 0 Å². The SMILES string of the molecule is CCCCCCCCCCCCOc1c(OCCCCCCCCCCCC)c2ccc(C(C)=O)cc2c2cc(C(C)=O)ccc12. The van der Waals surface area contributed by atoms with Crippen LogP contribution in [-0.4, -0.2) is 24.8 Å². The average Bonchev–Trinajstić information content (AvgIpc) is 3.06. The summed E-state index contributed by atoms with van der Waals surface area (Å²) in [6.45, 7) is 8.99. The molecule has 0 heterocycles. The third-order valence-corrected chi connectivity index (χ3v) is 9.33. The molecular formula is C42H62O4. The monoisotopic (exact) mass is 630 g/mol. The van der Waals surface area contributed by atoms with Gasteiger partial charge in [-0.25, -0.2) is 0 Å². The van der Waals surface area contributed by atoms with Gasteiger partial charge in [0.25, 0.3) is 0 Å². The smallest absolute Gasteiger partial charge is 0.169 e. The van der Waals surface area contributed by atoms with Gasteiger partial charge >= 0.3 is 0 Å². The van der Waals surface area contributed by atoms with Gasteiger partial charge in [-0.1, -0.05) is 142 Å². The van der Waals surface area contributed by atoms with Crippen molar-refractivity contribution in [2.24, 2.45) is 0 Å². The van der Waals surface area contributed by atoms with Gasteiger partial charge in [0, 0.05) is 21.9 Å². The van der Waals surface area contributed by atoms with Crippen molar-refractivity contribution >= 4 is 33.1 Å². The lowest BCUT2D eigenvalue weighted by atomic mass is 9.95. The summed E-state index contributed by atoms with van der Waals surface area (Å²) in [6, 6.07) is 11.6. The number of Topliss-reactive ketones (excluding diaryl/α,β-unsaturated/α-hetero) is 2. The first kappa shape index (κ1) is 37.6. The number of hydrogen-bond acceptors (Lipinski definition) is 4. The van der Waals surface area contributed by atoms with Gasteiger partial charge in [0.15, 0.2) is 23.1 Å². The lowest BCUT2D eigenvalue weighted by molar-refractivity contribution is 0.100. The molecule has 4 nitrogen and oxygen atoms in total. The molecular weight excluding hydrogens is 568 g/mol. The molecule has 0 aliphatic rings. The van der Waals surface area contributed by atoms with Crippen molar-refractivity contribution in [3.8, 4) is 11.5 Å². The Labute approximate surface area is 280 Å². The van der Waals surface area contributed by atoms with Crippen LogP contribution < -0.4 is 9.47 Å². The fourth-order valence-corrected chi connectivity index (χ4v) is 6.43. The molecule has 0 atom stereocenters. The Morgan fingerprint density at radius 3 is 1.04 bits per heavy atom. The summed E-state index contributed by atoms with van der Waals surface area (Å²) in [5, 5.41) is 3.72. The summed E-state index contributed by atoms with van der Waals surface area (Å²) in [7, 11) is 0. The third kappa shape index (κ3) is 12.4. The van der Waals surface area contributed by atoms with Crippen molar-refractivity contribution in [2.45, 2.75) is 156 Å².